The third-order valence-corrected chi connectivity index (χ3v) is 5.95. The number of hydrogen-bond donors (Lipinski definition) is 2. The second-order valence-electron chi connectivity index (χ2n) is 4.64. The van der Waals surface area contributed by atoms with Crippen LogP contribution in [0.4, 0.5) is 0 Å². The van der Waals surface area contributed by atoms with Crippen LogP contribution in [0, 0.1) is 0 Å². The molecule has 0 saturated heterocycles. The minimum Gasteiger partial charge on any atom is -0.477 e. The summed E-state index contributed by atoms with van der Waals surface area (Å²) in [6.45, 7) is 1.77. The van der Waals surface area contributed by atoms with Crippen molar-refractivity contribution in [2.24, 2.45) is 0 Å². The summed E-state index contributed by atoms with van der Waals surface area (Å²) in [4.78, 5) is 10.8. The van der Waals surface area contributed by atoms with Gasteiger partial charge in [0.1, 0.15) is 9.09 Å². The third-order valence-electron chi connectivity index (χ3n) is 2.80. The molecule has 0 aliphatic heterocycles. The van der Waals surface area contributed by atoms with E-state index in [4.69, 9.17) is 5.11 Å². The zero-order valence-corrected chi connectivity index (χ0v) is 12.9. The molecule has 1 aromatic carbocycles. The van der Waals surface area contributed by atoms with Crippen LogP contribution < -0.4 is 4.72 Å². The Morgan fingerprint density at radius 3 is 2.48 bits per heavy atom. The molecular formula is C14H15NO4S2. The molecule has 1 heterocycles. The molecule has 0 bridgehead atoms. The van der Waals surface area contributed by atoms with E-state index < -0.39 is 16.0 Å². The number of carbonyl (C=O) groups is 1. The zero-order valence-electron chi connectivity index (χ0n) is 11.3. The Bertz CT molecular complexity index is 722. The van der Waals surface area contributed by atoms with Gasteiger partial charge in [-0.3, -0.25) is 0 Å². The van der Waals surface area contributed by atoms with Gasteiger partial charge in [-0.05, 0) is 31.0 Å². The quantitative estimate of drug-likeness (QED) is 0.854. The molecule has 0 radical (unpaired) electrons. The second-order valence-corrected chi connectivity index (χ2v) is 7.66. The topological polar surface area (TPSA) is 83.5 Å². The van der Waals surface area contributed by atoms with Crippen LogP contribution in [0.3, 0.4) is 0 Å². The molecule has 0 amide bonds. The molecule has 0 spiro atoms. The van der Waals surface area contributed by atoms with Crippen LogP contribution in [0.2, 0.25) is 0 Å². The van der Waals surface area contributed by atoms with Gasteiger partial charge < -0.3 is 5.11 Å². The number of carboxylic acids is 1. The maximum Gasteiger partial charge on any atom is 0.345 e. The lowest BCUT2D eigenvalue weighted by atomic mass is 10.1. The molecule has 7 heteroatoms. The fourth-order valence-corrected chi connectivity index (χ4v) is 4.32. The maximum absolute atomic E-state index is 12.2. The van der Waals surface area contributed by atoms with Gasteiger partial charge in [-0.2, -0.15) is 0 Å². The Kier molecular flexibility index (Phi) is 4.76. The summed E-state index contributed by atoms with van der Waals surface area (Å²) >= 11 is 0.746. The van der Waals surface area contributed by atoms with Crippen molar-refractivity contribution < 1.29 is 18.3 Å². The molecule has 0 aliphatic rings. The molecule has 21 heavy (non-hydrogen) atoms. The summed E-state index contributed by atoms with van der Waals surface area (Å²) in [6, 6.07) is 11.9. The van der Waals surface area contributed by atoms with Crippen molar-refractivity contribution in [3.63, 3.8) is 0 Å². The van der Waals surface area contributed by atoms with Crippen molar-refractivity contribution in [2.75, 3.05) is 0 Å². The largest absolute Gasteiger partial charge is 0.477 e. The smallest absolute Gasteiger partial charge is 0.345 e. The van der Waals surface area contributed by atoms with Crippen molar-refractivity contribution in [1.29, 1.82) is 0 Å². The molecule has 2 N–H and O–H groups in total. The predicted molar refractivity (Wildman–Crippen MR) is 81.2 cm³/mol. The SMILES string of the molecule is C[C@@H](Cc1ccccc1)NS(=O)(=O)c1ccc(C(=O)O)s1. The number of hydrogen-bond acceptors (Lipinski definition) is 4. The van der Waals surface area contributed by atoms with Gasteiger partial charge in [0.2, 0.25) is 10.0 Å². The van der Waals surface area contributed by atoms with Crippen LogP contribution in [-0.2, 0) is 16.4 Å². The Labute approximate surface area is 127 Å². The molecule has 0 aliphatic carbocycles. The summed E-state index contributed by atoms with van der Waals surface area (Å²) in [5.41, 5.74) is 1.03. The minimum atomic E-state index is -3.69. The van der Waals surface area contributed by atoms with E-state index in [2.05, 4.69) is 4.72 Å². The van der Waals surface area contributed by atoms with Crippen molar-refractivity contribution in [2.45, 2.75) is 23.6 Å². The molecule has 2 rings (SSSR count). The van der Waals surface area contributed by atoms with Crippen LogP contribution in [0.5, 0.6) is 0 Å². The number of sulfonamides is 1. The average Bonchev–Trinajstić information content (AvgIpc) is 2.89. The van der Waals surface area contributed by atoms with E-state index in [9.17, 15) is 13.2 Å². The average molecular weight is 325 g/mol. The molecule has 1 aromatic heterocycles. The van der Waals surface area contributed by atoms with E-state index >= 15 is 0 Å². The molecular weight excluding hydrogens is 310 g/mol. The minimum absolute atomic E-state index is 0.00564. The highest BCUT2D eigenvalue weighted by atomic mass is 32.2. The fourth-order valence-electron chi connectivity index (χ4n) is 1.91. The maximum atomic E-state index is 12.2. The Balaban J connectivity index is 2.07. The van der Waals surface area contributed by atoms with E-state index in [1.807, 2.05) is 30.3 Å². The van der Waals surface area contributed by atoms with E-state index in [1.54, 1.807) is 6.92 Å². The lowest BCUT2D eigenvalue weighted by molar-refractivity contribution is 0.0702. The summed E-state index contributed by atoms with van der Waals surface area (Å²) < 4.78 is 26.9. The van der Waals surface area contributed by atoms with Crippen LogP contribution in [0.1, 0.15) is 22.2 Å². The van der Waals surface area contributed by atoms with Gasteiger partial charge in [0.25, 0.3) is 0 Å². The van der Waals surface area contributed by atoms with Crippen LogP contribution >= 0.6 is 11.3 Å². The Morgan fingerprint density at radius 2 is 1.90 bits per heavy atom. The predicted octanol–water partition coefficient (Wildman–Crippen LogP) is 2.36. The lowest BCUT2D eigenvalue weighted by Gasteiger charge is -2.13. The number of nitrogens with one attached hydrogen (secondary N) is 1. The molecule has 1 atom stereocenters. The zero-order chi connectivity index (χ0) is 15.5. The number of benzene rings is 1. The lowest BCUT2D eigenvalue weighted by Crippen LogP contribution is -2.33. The van der Waals surface area contributed by atoms with Gasteiger partial charge in [-0.25, -0.2) is 17.9 Å². The Morgan fingerprint density at radius 1 is 1.24 bits per heavy atom. The van der Waals surface area contributed by atoms with Gasteiger partial charge in [-0.15, -0.1) is 11.3 Å². The Hall–Kier alpha value is -1.70. The normalized spacial score (nSPS) is 13.0. The van der Waals surface area contributed by atoms with Crippen LogP contribution in [0.15, 0.2) is 46.7 Å². The molecule has 0 saturated carbocycles. The first-order valence-corrected chi connectivity index (χ1v) is 8.58. The summed E-state index contributed by atoms with van der Waals surface area (Å²) in [5.74, 6) is -1.13. The number of thiophene rings is 1. The van der Waals surface area contributed by atoms with Crippen molar-refractivity contribution in [3.8, 4) is 0 Å². The molecule has 0 unspecified atom stereocenters. The van der Waals surface area contributed by atoms with Gasteiger partial charge in [0.05, 0.1) is 0 Å². The number of rotatable bonds is 6. The van der Waals surface area contributed by atoms with Crippen LogP contribution in [-0.4, -0.2) is 25.5 Å². The van der Waals surface area contributed by atoms with Gasteiger partial charge in [0, 0.05) is 6.04 Å². The summed E-state index contributed by atoms with van der Waals surface area (Å²) in [6.07, 6.45) is 0.567. The molecule has 2 aromatic rings. The van der Waals surface area contributed by atoms with E-state index in [-0.39, 0.29) is 15.1 Å². The van der Waals surface area contributed by atoms with Gasteiger partial charge in [0.15, 0.2) is 0 Å². The summed E-state index contributed by atoms with van der Waals surface area (Å²) in [5, 5.41) is 8.84. The molecule has 5 nitrogen and oxygen atoms in total. The summed E-state index contributed by atoms with van der Waals surface area (Å²) in [7, 11) is -3.69. The highest BCUT2D eigenvalue weighted by Gasteiger charge is 2.21. The standard InChI is InChI=1S/C14H15NO4S2/c1-10(9-11-5-3-2-4-6-11)15-21(18,19)13-8-7-12(20-13)14(16)17/h2-8,10,15H,9H2,1H3,(H,16,17)/t10-/m0/s1. The fraction of sp³-hybridized carbons (Fsp3) is 0.214. The first-order valence-electron chi connectivity index (χ1n) is 6.28. The number of aromatic carboxylic acids is 1. The van der Waals surface area contributed by atoms with E-state index in [1.165, 1.54) is 12.1 Å². The first kappa shape index (κ1) is 15.7. The van der Waals surface area contributed by atoms with Crippen LogP contribution in [0.25, 0.3) is 0 Å². The number of carboxylic acid groups (broad SMARTS) is 1. The second kappa shape index (κ2) is 6.38. The van der Waals surface area contributed by atoms with Crippen molar-refractivity contribution >= 4 is 27.3 Å². The van der Waals surface area contributed by atoms with Crippen molar-refractivity contribution in [1.82, 2.24) is 4.72 Å². The van der Waals surface area contributed by atoms with Crippen molar-refractivity contribution in [3.05, 3.63) is 52.9 Å². The monoisotopic (exact) mass is 325 g/mol. The highest BCUT2D eigenvalue weighted by molar-refractivity contribution is 7.91. The molecule has 0 fully saturated rings. The highest BCUT2D eigenvalue weighted by Crippen LogP contribution is 2.21. The third kappa shape index (κ3) is 4.13. The van der Waals surface area contributed by atoms with Gasteiger partial charge >= 0.3 is 5.97 Å². The first-order chi connectivity index (χ1) is 9.88. The van der Waals surface area contributed by atoms with Gasteiger partial charge in [-0.1, -0.05) is 30.3 Å². The van der Waals surface area contributed by atoms with E-state index in [0.717, 1.165) is 16.9 Å². The molecule has 112 valence electrons. The van der Waals surface area contributed by atoms with E-state index in [0.29, 0.717) is 6.42 Å².